The predicted octanol–water partition coefficient (Wildman–Crippen LogP) is 5.01. The first-order valence-electron chi connectivity index (χ1n) is 10.8. The molecule has 0 aliphatic carbocycles. The summed E-state index contributed by atoms with van der Waals surface area (Å²) in [6, 6.07) is 16.1. The van der Waals surface area contributed by atoms with Crippen LogP contribution < -0.4 is 15.2 Å². The Hall–Kier alpha value is -3.96. The second kappa shape index (κ2) is 9.49. The van der Waals surface area contributed by atoms with Crippen LogP contribution in [0.1, 0.15) is 30.9 Å². The molecule has 2 aromatic carbocycles. The number of fused-ring (bicyclic) bond motifs is 2. The van der Waals surface area contributed by atoms with E-state index in [2.05, 4.69) is 11.1 Å². The van der Waals surface area contributed by atoms with Crippen LogP contribution in [0.15, 0.2) is 54.7 Å². The highest BCUT2D eigenvalue weighted by atomic mass is 19.1. The zero-order valence-electron chi connectivity index (χ0n) is 19.0. The summed E-state index contributed by atoms with van der Waals surface area (Å²) in [5, 5.41) is 16.7. The Balaban J connectivity index is 1.71. The highest BCUT2D eigenvalue weighted by Crippen LogP contribution is 2.46. The molecule has 3 N–H and O–H groups in total. The van der Waals surface area contributed by atoms with Gasteiger partial charge in [0.1, 0.15) is 36.4 Å². The normalized spacial score (nSPS) is 14.4. The molecule has 2 heterocycles. The number of amidine groups is 1. The Morgan fingerprint density at radius 2 is 1.94 bits per heavy atom. The van der Waals surface area contributed by atoms with Gasteiger partial charge in [-0.05, 0) is 49.2 Å². The molecule has 0 radical (unpaired) electrons. The van der Waals surface area contributed by atoms with E-state index in [1.807, 2.05) is 24.3 Å². The Morgan fingerprint density at radius 3 is 2.68 bits per heavy atom. The van der Waals surface area contributed by atoms with Crippen LogP contribution >= 0.6 is 0 Å². The fraction of sp³-hybridized carbons (Fsp3) is 0.269. The quantitative estimate of drug-likeness (QED) is 0.361. The highest BCUT2D eigenvalue weighted by molar-refractivity contribution is 5.78. The van der Waals surface area contributed by atoms with Crippen LogP contribution in [0.4, 0.5) is 4.39 Å². The average molecular weight is 461 g/mol. The van der Waals surface area contributed by atoms with Crippen molar-refractivity contribution < 1.29 is 18.6 Å². The Morgan fingerprint density at radius 1 is 1.18 bits per heavy atom. The third kappa shape index (κ3) is 5.16. The molecular formula is C26H25FN4O3. The molecule has 3 aromatic rings. The molecule has 8 heteroatoms. The maximum atomic E-state index is 13.8. The Labute approximate surface area is 197 Å². The fourth-order valence-electron chi connectivity index (χ4n) is 3.67. The molecule has 0 bridgehead atoms. The summed E-state index contributed by atoms with van der Waals surface area (Å²) in [5.41, 5.74) is 8.04. The second-order valence-corrected chi connectivity index (χ2v) is 8.80. The lowest BCUT2D eigenvalue weighted by molar-refractivity contribution is 0.159. The molecule has 1 atom stereocenters. The Bertz CT molecular complexity index is 1270. The second-order valence-electron chi connectivity index (χ2n) is 8.80. The van der Waals surface area contributed by atoms with Gasteiger partial charge in [-0.2, -0.15) is 5.26 Å². The van der Waals surface area contributed by atoms with Gasteiger partial charge in [0.25, 0.3) is 0 Å². The average Bonchev–Trinajstić information content (AvgIpc) is 2.82. The van der Waals surface area contributed by atoms with Gasteiger partial charge in [-0.25, -0.2) is 9.37 Å². The van der Waals surface area contributed by atoms with E-state index in [9.17, 15) is 9.65 Å². The maximum Gasteiger partial charge on any atom is 0.213 e. The van der Waals surface area contributed by atoms with E-state index < -0.39 is 5.41 Å². The number of aromatic nitrogens is 1. The number of ether oxygens (including phenoxy) is 3. The van der Waals surface area contributed by atoms with E-state index in [1.165, 1.54) is 12.1 Å². The highest BCUT2D eigenvalue weighted by Gasteiger charge is 2.30. The molecule has 0 amide bonds. The van der Waals surface area contributed by atoms with Gasteiger partial charge in [0.05, 0.1) is 24.3 Å². The summed E-state index contributed by atoms with van der Waals surface area (Å²) in [6.07, 6.45) is 1.59. The zero-order valence-corrected chi connectivity index (χ0v) is 19.0. The van der Waals surface area contributed by atoms with Gasteiger partial charge in [0, 0.05) is 23.1 Å². The molecule has 0 fully saturated rings. The van der Waals surface area contributed by atoms with Gasteiger partial charge in [0.2, 0.25) is 5.88 Å². The van der Waals surface area contributed by atoms with Crippen LogP contribution in [0.2, 0.25) is 0 Å². The SMILES string of the molecule is CC(C)(C#N)COc1cc2c(cn1)Oc1ccc(-c3cccc(F)c3)cc1C2COCC(=N)N. The number of halogens is 1. The molecule has 1 aliphatic heterocycles. The van der Waals surface area contributed by atoms with Crippen LogP contribution in [0.3, 0.4) is 0 Å². The maximum absolute atomic E-state index is 13.8. The van der Waals surface area contributed by atoms with Gasteiger partial charge in [0.15, 0.2) is 0 Å². The first-order valence-corrected chi connectivity index (χ1v) is 10.8. The van der Waals surface area contributed by atoms with Crippen molar-refractivity contribution in [2.45, 2.75) is 19.8 Å². The third-order valence-corrected chi connectivity index (χ3v) is 5.44. The number of hydrogen-bond donors (Lipinski definition) is 2. The van der Waals surface area contributed by atoms with E-state index in [0.29, 0.717) is 17.4 Å². The largest absolute Gasteiger partial charge is 0.476 e. The monoisotopic (exact) mass is 460 g/mol. The van der Waals surface area contributed by atoms with E-state index in [0.717, 1.165) is 22.3 Å². The lowest BCUT2D eigenvalue weighted by Crippen LogP contribution is -2.22. The lowest BCUT2D eigenvalue weighted by Gasteiger charge is -2.29. The molecule has 1 aromatic heterocycles. The van der Waals surface area contributed by atoms with E-state index in [-0.39, 0.29) is 37.4 Å². The molecule has 1 aliphatic rings. The number of benzene rings is 2. The van der Waals surface area contributed by atoms with Crippen molar-refractivity contribution in [2.75, 3.05) is 19.8 Å². The number of nitrogens with two attached hydrogens (primary N) is 1. The van der Waals surface area contributed by atoms with Crippen molar-refractivity contribution in [1.29, 1.82) is 10.7 Å². The topological polar surface area (TPSA) is 114 Å². The number of nitrogens with zero attached hydrogens (tertiary/aromatic N) is 2. The zero-order chi connectivity index (χ0) is 24.3. The Kier molecular flexibility index (Phi) is 6.48. The standard InChI is InChI=1S/C26H25FN4O3/c1-26(2,14-28)15-33-25-10-20-21(12-32-13-24(29)30)19-9-17(16-4-3-5-18(27)8-16)6-7-22(19)34-23(20)11-31-25/h3-11,21H,12-13,15H2,1-2H3,(H3,29,30). The molecule has 0 saturated heterocycles. The molecular weight excluding hydrogens is 435 g/mol. The number of pyridine rings is 1. The van der Waals surface area contributed by atoms with E-state index in [1.54, 1.807) is 32.2 Å². The molecule has 34 heavy (non-hydrogen) atoms. The minimum Gasteiger partial charge on any atom is -0.476 e. The molecule has 4 rings (SSSR count). The molecule has 0 spiro atoms. The van der Waals surface area contributed by atoms with Crippen molar-refractivity contribution >= 4 is 5.84 Å². The first kappa shape index (κ1) is 23.2. The predicted molar refractivity (Wildman–Crippen MR) is 126 cm³/mol. The van der Waals surface area contributed by atoms with E-state index >= 15 is 0 Å². The fourth-order valence-corrected chi connectivity index (χ4v) is 3.67. The van der Waals surface area contributed by atoms with Gasteiger partial charge in [-0.3, -0.25) is 5.41 Å². The van der Waals surface area contributed by atoms with Crippen molar-refractivity contribution in [3.05, 3.63) is 71.7 Å². The molecule has 174 valence electrons. The lowest BCUT2D eigenvalue weighted by atomic mass is 9.87. The van der Waals surface area contributed by atoms with Crippen molar-refractivity contribution in [3.63, 3.8) is 0 Å². The van der Waals surface area contributed by atoms with Crippen molar-refractivity contribution in [1.82, 2.24) is 4.98 Å². The minimum absolute atomic E-state index is 0.00356. The van der Waals surface area contributed by atoms with Crippen LogP contribution in [0, 0.1) is 28.0 Å². The first-order chi connectivity index (χ1) is 16.3. The number of hydrogen-bond acceptors (Lipinski definition) is 6. The summed E-state index contributed by atoms with van der Waals surface area (Å²) < 4.78 is 31.4. The van der Waals surface area contributed by atoms with Crippen molar-refractivity contribution in [2.24, 2.45) is 11.1 Å². The summed E-state index contributed by atoms with van der Waals surface area (Å²) >= 11 is 0. The molecule has 1 unspecified atom stereocenters. The summed E-state index contributed by atoms with van der Waals surface area (Å²) in [5.74, 6) is 0.928. The minimum atomic E-state index is -0.662. The number of rotatable bonds is 8. The van der Waals surface area contributed by atoms with Gasteiger partial charge in [-0.15, -0.1) is 0 Å². The van der Waals surface area contributed by atoms with Crippen molar-refractivity contribution in [3.8, 4) is 34.6 Å². The number of nitriles is 1. The van der Waals surface area contributed by atoms with Crippen LogP contribution in [-0.4, -0.2) is 30.6 Å². The van der Waals surface area contributed by atoms with Crippen LogP contribution in [0.25, 0.3) is 11.1 Å². The third-order valence-electron chi connectivity index (χ3n) is 5.44. The van der Waals surface area contributed by atoms with Gasteiger partial charge in [-0.1, -0.05) is 18.2 Å². The summed E-state index contributed by atoms with van der Waals surface area (Å²) in [6.45, 7) is 4.00. The summed E-state index contributed by atoms with van der Waals surface area (Å²) in [4.78, 5) is 4.33. The molecule has 0 saturated carbocycles. The number of nitrogens with one attached hydrogen (secondary N) is 1. The van der Waals surface area contributed by atoms with Crippen LogP contribution in [-0.2, 0) is 4.74 Å². The van der Waals surface area contributed by atoms with E-state index in [4.69, 9.17) is 25.4 Å². The smallest absolute Gasteiger partial charge is 0.213 e. The van der Waals surface area contributed by atoms with Gasteiger partial charge < -0.3 is 19.9 Å². The van der Waals surface area contributed by atoms with Gasteiger partial charge >= 0.3 is 0 Å². The summed E-state index contributed by atoms with van der Waals surface area (Å²) in [7, 11) is 0. The van der Waals surface area contributed by atoms with Crippen LogP contribution in [0.5, 0.6) is 17.4 Å². The molecule has 7 nitrogen and oxygen atoms in total.